The van der Waals surface area contributed by atoms with Crippen molar-refractivity contribution >= 4 is 0 Å². The minimum atomic E-state index is -0.337. The van der Waals surface area contributed by atoms with Crippen LogP contribution in [0.3, 0.4) is 0 Å². The highest BCUT2D eigenvalue weighted by Gasteiger charge is 2.20. The summed E-state index contributed by atoms with van der Waals surface area (Å²) in [7, 11) is 0. The van der Waals surface area contributed by atoms with Gasteiger partial charge in [0, 0.05) is 31.6 Å². The summed E-state index contributed by atoms with van der Waals surface area (Å²) in [6, 6.07) is 10.2. The Hall–Kier alpha value is -1.85. The Morgan fingerprint density at radius 2 is 2.25 bits per heavy atom. The van der Waals surface area contributed by atoms with Crippen molar-refractivity contribution in [1.82, 2.24) is 4.90 Å². The van der Waals surface area contributed by atoms with Gasteiger partial charge in [-0.2, -0.15) is 5.26 Å². The fourth-order valence-electron chi connectivity index (χ4n) is 2.16. The Bertz CT molecular complexity index is 539. The van der Waals surface area contributed by atoms with Gasteiger partial charge in [0.05, 0.1) is 19.3 Å². The van der Waals surface area contributed by atoms with Gasteiger partial charge in [-0.15, -0.1) is 0 Å². The van der Waals surface area contributed by atoms with E-state index in [9.17, 15) is 0 Å². The summed E-state index contributed by atoms with van der Waals surface area (Å²) in [5, 5.41) is 17.7. The summed E-state index contributed by atoms with van der Waals surface area (Å²) < 4.78 is 5.35. The molecule has 0 saturated carbocycles. The quantitative estimate of drug-likeness (QED) is 0.837. The Labute approximate surface area is 119 Å². The summed E-state index contributed by atoms with van der Waals surface area (Å²) in [6.45, 7) is 2.91. The van der Waals surface area contributed by atoms with Gasteiger partial charge in [0.25, 0.3) is 0 Å². The Balaban J connectivity index is 2.06. The van der Waals surface area contributed by atoms with Crippen LogP contribution in [0.5, 0.6) is 0 Å². The Morgan fingerprint density at radius 1 is 1.40 bits per heavy atom. The SMILES string of the molecule is N#CC1CN(Cc2ccccc2C#CCCO)CCO1. The van der Waals surface area contributed by atoms with E-state index in [-0.39, 0.29) is 12.7 Å². The zero-order chi connectivity index (χ0) is 14.2. The molecule has 4 heteroatoms. The molecule has 1 heterocycles. The molecule has 0 aliphatic carbocycles. The van der Waals surface area contributed by atoms with Crippen molar-refractivity contribution in [1.29, 1.82) is 5.26 Å². The van der Waals surface area contributed by atoms with Gasteiger partial charge in [-0.05, 0) is 11.6 Å². The fourth-order valence-corrected chi connectivity index (χ4v) is 2.16. The van der Waals surface area contributed by atoms with E-state index < -0.39 is 0 Å². The molecular weight excluding hydrogens is 252 g/mol. The normalized spacial score (nSPS) is 18.9. The van der Waals surface area contributed by atoms with E-state index in [0.717, 1.165) is 24.2 Å². The predicted molar refractivity (Wildman–Crippen MR) is 75.7 cm³/mol. The minimum absolute atomic E-state index is 0.0858. The topological polar surface area (TPSA) is 56.5 Å². The van der Waals surface area contributed by atoms with E-state index in [2.05, 4.69) is 28.9 Å². The van der Waals surface area contributed by atoms with Crippen molar-refractivity contribution in [3.63, 3.8) is 0 Å². The average Bonchev–Trinajstić information content (AvgIpc) is 2.49. The van der Waals surface area contributed by atoms with Gasteiger partial charge in [-0.3, -0.25) is 4.90 Å². The third-order valence-corrected chi connectivity index (χ3v) is 3.17. The van der Waals surface area contributed by atoms with Crippen LogP contribution in [0.15, 0.2) is 24.3 Å². The molecule has 20 heavy (non-hydrogen) atoms. The average molecular weight is 270 g/mol. The van der Waals surface area contributed by atoms with Gasteiger partial charge in [-0.1, -0.05) is 30.0 Å². The van der Waals surface area contributed by atoms with Crippen molar-refractivity contribution in [2.24, 2.45) is 0 Å². The Morgan fingerprint density at radius 3 is 3.05 bits per heavy atom. The molecule has 1 aliphatic heterocycles. The number of aliphatic hydroxyl groups excluding tert-OH is 1. The van der Waals surface area contributed by atoms with Crippen molar-refractivity contribution in [2.75, 3.05) is 26.3 Å². The first-order valence-electron chi connectivity index (χ1n) is 6.74. The number of morpholine rings is 1. The van der Waals surface area contributed by atoms with Gasteiger partial charge in [0.2, 0.25) is 0 Å². The van der Waals surface area contributed by atoms with E-state index >= 15 is 0 Å². The number of ether oxygens (including phenoxy) is 1. The first kappa shape index (κ1) is 14.6. The van der Waals surface area contributed by atoms with Crippen LogP contribution in [0.4, 0.5) is 0 Å². The molecule has 0 amide bonds. The lowest BCUT2D eigenvalue weighted by Crippen LogP contribution is -2.41. The van der Waals surface area contributed by atoms with E-state index in [1.807, 2.05) is 18.2 Å². The van der Waals surface area contributed by atoms with Gasteiger partial charge in [0.15, 0.2) is 6.10 Å². The fraction of sp³-hybridized carbons (Fsp3) is 0.438. The highest BCUT2D eigenvalue weighted by atomic mass is 16.5. The third-order valence-electron chi connectivity index (χ3n) is 3.17. The number of nitriles is 1. The van der Waals surface area contributed by atoms with Crippen LogP contribution in [-0.2, 0) is 11.3 Å². The summed E-state index contributed by atoms with van der Waals surface area (Å²) in [4.78, 5) is 2.21. The molecule has 1 fully saturated rings. The summed E-state index contributed by atoms with van der Waals surface area (Å²) in [6.07, 6.45) is 0.152. The standard InChI is InChI=1S/C16H18N2O2/c17-11-16-13-18(8-10-20-16)12-15-7-2-1-5-14(15)6-3-4-9-19/h1-2,5,7,16,19H,4,8-10,12-13H2. The lowest BCUT2D eigenvalue weighted by molar-refractivity contribution is -0.00271. The van der Waals surface area contributed by atoms with Crippen molar-refractivity contribution in [3.8, 4) is 17.9 Å². The van der Waals surface area contributed by atoms with E-state index in [4.69, 9.17) is 15.1 Å². The van der Waals surface area contributed by atoms with Gasteiger partial charge < -0.3 is 9.84 Å². The number of hydrogen-bond acceptors (Lipinski definition) is 4. The third kappa shape index (κ3) is 4.08. The van der Waals surface area contributed by atoms with Crippen LogP contribution >= 0.6 is 0 Å². The van der Waals surface area contributed by atoms with Crippen LogP contribution in [0.1, 0.15) is 17.5 Å². The predicted octanol–water partition coefficient (Wildman–Crippen LogP) is 1.14. The molecule has 1 atom stereocenters. The number of benzene rings is 1. The first-order valence-corrected chi connectivity index (χ1v) is 6.74. The van der Waals surface area contributed by atoms with Crippen LogP contribution in [0.2, 0.25) is 0 Å². The molecule has 2 rings (SSSR count). The molecule has 1 aromatic carbocycles. The van der Waals surface area contributed by atoms with Gasteiger partial charge >= 0.3 is 0 Å². The zero-order valence-corrected chi connectivity index (χ0v) is 11.4. The highest BCUT2D eigenvalue weighted by molar-refractivity contribution is 5.41. The monoisotopic (exact) mass is 270 g/mol. The lowest BCUT2D eigenvalue weighted by Gasteiger charge is -2.29. The molecule has 0 radical (unpaired) electrons. The minimum Gasteiger partial charge on any atom is -0.395 e. The zero-order valence-electron chi connectivity index (χ0n) is 11.4. The van der Waals surface area contributed by atoms with Crippen LogP contribution in [-0.4, -0.2) is 42.4 Å². The first-order chi connectivity index (χ1) is 9.83. The molecule has 1 saturated heterocycles. The van der Waals surface area contributed by atoms with Gasteiger partial charge in [-0.25, -0.2) is 0 Å². The molecular formula is C16H18N2O2. The summed E-state index contributed by atoms with van der Waals surface area (Å²) >= 11 is 0. The molecule has 1 aromatic rings. The summed E-state index contributed by atoms with van der Waals surface area (Å²) in [5.74, 6) is 6.05. The number of hydrogen-bond donors (Lipinski definition) is 1. The number of rotatable bonds is 3. The molecule has 1 aliphatic rings. The van der Waals surface area contributed by atoms with Gasteiger partial charge in [0.1, 0.15) is 0 Å². The molecule has 1 N–H and O–H groups in total. The largest absolute Gasteiger partial charge is 0.395 e. The molecule has 0 spiro atoms. The second kappa shape index (κ2) is 7.67. The van der Waals surface area contributed by atoms with Crippen molar-refractivity contribution in [3.05, 3.63) is 35.4 Å². The molecule has 0 aromatic heterocycles. The second-order valence-corrected chi connectivity index (χ2v) is 4.66. The number of aliphatic hydroxyl groups is 1. The second-order valence-electron chi connectivity index (χ2n) is 4.66. The van der Waals surface area contributed by atoms with Crippen LogP contribution in [0.25, 0.3) is 0 Å². The molecule has 0 bridgehead atoms. The van der Waals surface area contributed by atoms with E-state index in [1.54, 1.807) is 0 Å². The van der Waals surface area contributed by atoms with Crippen molar-refractivity contribution in [2.45, 2.75) is 19.1 Å². The van der Waals surface area contributed by atoms with Crippen molar-refractivity contribution < 1.29 is 9.84 Å². The molecule has 1 unspecified atom stereocenters. The molecule has 104 valence electrons. The maximum atomic E-state index is 8.93. The van der Waals surface area contributed by atoms with E-state index in [1.165, 1.54) is 0 Å². The number of nitrogens with zero attached hydrogens (tertiary/aromatic N) is 2. The summed E-state index contributed by atoms with van der Waals surface area (Å²) in [5.41, 5.74) is 2.14. The van der Waals surface area contributed by atoms with Crippen LogP contribution < -0.4 is 0 Å². The maximum Gasteiger partial charge on any atom is 0.156 e. The maximum absolute atomic E-state index is 8.93. The smallest absolute Gasteiger partial charge is 0.156 e. The highest BCUT2D eigenvalue weighted by Crippen LogP contribution is 2.13. The molecule has 4 nitrogen and oxygen atoms in total. The Kier molecular flexibility index (Phi) is 5.58. The lowest BCUT2D eigenvalue weighted by atomic mass is 10.1. The van der Waals surface area contributed by atoms with Crippen LogP contribution in [0, 0.1) is 23.2 Å². The van der Waals surface area contributed by atoms with E-state index in [0.29, 0.717) is 19.6 Å².